The maximum Gasteiger partial charge on any atom is 0.273 e. The number of halogens is 1. The molecule has 9 nitrogen and oxygen atoms in total. The van der Waals surface area contributed by atoms with Crippen LogP contribution < -0.4 is 24.8 Å². The zero-order chi connectivity index (χ0) is 19.2. The molecule has 1 amide bonds. The molecule has 2 aromatic rings. The fourth-order valence-electron chi connectivity index (χ4n) is 3.20. The van der Waals surface area contributed by atoms with E-state index in [1.807, 2.05) is 6.07 Å². The Morgan fingerprint density at radius 2 is 1.89 bits per heavy atom. The summed E-state index contributed by atoms with van der Waals surface area (Å²) in [4.78, 5) is 12.5. The lowest BCUT2D eigenvalue weighted by molar-refractivity contribution is 0.0945. The van der Waals surface area contributed by atoms with Gasteiger partial charge in [0.1, 0.15) is 0 Å². The zero-order valence-electron chi connectivity index (χ0n) is 16.2. The van der Waals surface area contributed by atoms with Gasteiger partial charge in [0.25, 0.3) is 5.91 Å². The molecule has 28 heavy (non-hydrogen) atoms. The van der Waals surface area contributed by atoms with Gasteiger partial charge in [-0.3, -0.25) is 4.79 Å². The molecule has 1 saturated heterocycles. The standard InChI is InChI=1S/C18H25N5O4.ClH/c1-25-15-5-4-12(16(26-2)17(15)27-3)10-20-18(24)14-11-23(22-21-14)13-6-8-19-9-7-13;/h4-5,11,13,19H,6-10H2,1-3H3,(H,20,24);1H. The molecule has 2 N–H and O–H groups in total. The number of piperidine rings is 1. The Bertz CT molecular complexity index is 792. The van der Waals surface area contributed by atoms with E-state index in [2.05, 4.69) is 20.9 Å². The second kappa shape index (κ2) is 10.1. The molecule has 1 aliphatic rings. The molecule has 10 heteroatoms. The summed E-state index contributed by atoms with van der Waals surface area (Å²) in [6, 6.07) is 3.88. The van der Waals surface area contributed by atoms with Gasteiger partial charge in [0, 0.05) is 12.1 Å². The fraction of sp³-hybridized carbons (Fsp3) is 0.500. The van der Waals surface area contributed by atoms with Crippen LogP contribution in [0.15, 0.2) is 18.3 Å². The van der Waals surface area contributed by atoms with Crippen molar-refractivity contribution in [2.75, 3.05) is 34.4 Å². The molecule has 0 unspecified atom stereocenters. The molecule has 3 rings (SSSR count). The van der Waals surface area contributed by atoms with E-state index in [0.29, 0.717) is 22.9 Å². The molecule has 0 radical (unpaired) electrons. The molecule has 1 fully saturated rings. The number of ether oxygens (including phenoxy) is 3. The summed E-state index contributed by atoms with van der Waals surface area (Å²) in [5.41, 5.74) is 1.07. The van der Waals surface area contributed by atoms with Gasteiger partial charge >= 0.3 is 0 Å². The van der Waals surface area contributed by atoms with Crippen LogP contribution in [0.2, 0.25) is 0 Å². The number of nitrogens with one attached hydrogen (secondary N) is 2. The minimum atomic E-state index is -0.285. The van der Waals surface area contributed by atoms with E-state index >= 15 is 0 Å². The van der Waals surface area contributed by atoms with Crippen LogP contribution in [-0.4, -0.2) is 55.3 Å². The van der Waals surface area contributed by atoms with E-state index < -0.39 is 0 Å². The summed E-state index contributed by atoms with van der Waals surface area (Å²) in [6.07, 6.45) is 3.66. The Kier molecular flexibility index (Phi) is 7.89. The van der Waals surface area contributed by atoms with Gasteiger partial charge in [-0.2, -0.15) is 0 Å². The van der Waals surface area contributed by atoms with Gasteiger partial charge in [0.15, 0.2) is 17.2 Å². The molecule has 1 aliphatic heterocycles. The Morgan fingerprint density at radius 3 is 2.54 bits per heavy atom. The van der Waals surface area contributed by atoms with Crippen LogP contribution in [-0.2, 0) is 6.54 Å². The van der Waals surface area contributed by atoms with Gasteiger partial charge in [-0.05, 0) is 38.1 Å². The molecule has 0 atom stereocenters. The third-order valence-corrected chi connectivity index (χ3v) is 4.65. The minimum Gasteiger partial charge on any atom is -0.493 e. The van der Waals surface area contributed by atoms with Crippen LogP contribution in [0.25, 0.3) is 0 Å². The molecule has 1 aromatic heterocycles. The average Bonchev–Trinajstić information content (AvgIpc) is 3.22. The zero-order valence-corrected chi connectivity index (χ0v) is 17.0. The number of nitrogens with zero attached hydrogens (tertiary/aromatic N) is 3. The summed E-state index contributed by atoms with van der Waals surface area (Å²) in [5.74, 6) is 1.29. The van der Waals surface area contributed by atoms with Crippen molar-refractivity contribution in [1.82, 2.24) is 25.6 Å². The maximum absolute atomic E-state index is 12.5. The van der Waals surface area contributed by atoms with Crippen molar-refractivity contribution < 1.29 is 19.0 Å². The first-order valence-electron chi connectivity index (χ1n) is 8.86. The van der Waals surface area contributed by atoms with Crippen molar-refractivity contribution in [3.8, 4) is 17.2 Å². The molecule has 1 aromatic carbocycles. The Morgan fingerprint density at radius 1 is 1.18 bits per heavy atom. The first-order chi connectivity index (χ1) is 13.2. The van der Waals surface area contributed by atoms with Gasteiger partial charge in [-0.25, -0.2) is 4.68 Å². The van der Waals surface area contributed by atoms with Crippen LogP contribution >= 0.6 is 12.4 Å². The second-order valence-electron chi connectivity index (χ2n) is 6.24. The van der Waals surface area contributed by atoms with E-state index in [1.165, 1.54) is 0 Å². The highest BCUT2D eigenvalue weighted by molar-refractivity contribution is 5.91. The predicted octanol–water partition coefficient (Wildman–Crippen LogP) is 1.58. The van der Waals surface area contributed by atoms with Crippen molar-refractivity contribution in [3.63, 3.8) is 0 Å². The highest BCUT2D eigenvalue weighted by Crippen LogP contribution is 2.39. The van der Waals surface area contributed by atoms with E-state index in [0.717, 1.165) is 31.5 Å². The third-order valence-electron chi connectivity index (χ3n) is 4.65. The first-order valence-corrected chi connectivity index (χ1v) is 8.86. The fourth-order valence-corrected chi connectivity index (χ4v) is 3.20. The summed E-state index contributed by atoms with van der Waals surface area (Å²) in [5, 5.41) is 14.3. The van der Waals surface area contributed by atoms with Gasteiger partial charge in [0.05, 0.1) is 33.6 Å². The van der Waals surface area contributed by atoms with Crippen molar-refractivity contribution in [1.29, 1.82) is 0 Å². The predicted molar refractivity (Wildman–Crippen MR) is 106 cm³/mol. The van der Waals surface area contributed by atoms with Crippen LogP contribution in [0, 0.1) is 0 Å². The molecule has 154 valence electrons. The highest BCUT2D eigenvalue weighted by Gasteiger charge is 2.20. The molecule has 0 aliphatic carbocycles. The number of benzene rings is 1. The van der Waals surface area contributed by atoms with Crippen LogP contribution in [0.4, 0.5) is 0 Å². The van der Waals surface area contributed by atoms with Crippen molar-refractivity contribution in [2.45, 2.75) is 25.4 Å². The number of hydrogen-bond acceptors (Lipinski definition) is 7. The lowest BCUT2D eigenvalue weighted by Crippen LogP contribution is -2.29. The number of carbonyl (C=O) groups is 1. The third kappa shape index (κ3) is 4.66. The van der Waals surface area contributed by atoms with Gasteiger partial charge in [-0.1, -0.05) is 5.21 Å². The first kappa shape index (κ1) is 21.8. The SMILES string of the molecule is COc1ccc(CNC(=O)c2cn(C3CCNCC3)nn2)c(OC)c1OC.Cl. The quantitative estimate of drug-likeness (QED) is 0.713. The van der Waals surface area contributed by atoms with Crippen molar-refractivity contribution in [2.24, 2.45) is 0 Å². The molecule has 0 saturated carbocycles. The monoisotopic (exact) mass is 411 g/mol. The van der Waals surface area contributed by atoms with E-state index in [9.17, 15) is 4.79 Å². The number of hydrogen-bond donors (Lipinski definition) is 2. The molecule has 2 heterocycles. The molecule has 0 spiro atoms. The normalized spacial score (nSPS) is 14.1. The maximum atomic E-state index is 12.5. The Labute approximate surface area is 170 Å². The van der Waals surface area contributed by atoms with Gasteiger partial charge in [0.2, 0.25) is 5.75 Å². The van der Waals surface area contributed by atoms with Crippen LogP contribution in [0.1, 0.15) is 34.9 Å². The highest BCUT2D eigenvalue weighted by atomic mass is 35.5. The second-order valence-corrected chi connectivity index (χ2v) is 6.24. The Balaban J connectivity index is 0.00000280. The average molecular weight is 412 g/mol. The van der Waals surface area contributed by atoms with E-state index in [1.54, 1.807) is 38.3 Å². The van der Waals surface area contributed by atoms with E-state index in [4.69, 9.17) is 14.2 Å². The number of carbonyl (C=O) groups excluding carboxylic acids is 1. The molecular weight excluding hydrogens is 386 g/mol. The van der Waals surface area contributed by atoms with Crippen molar-refractivity contribution in [3.05, 3.63) is 29.6 Å². The lowest BCUT2D eigenvalue weighted by atomic mass is 10.1. The molecular formula is C18H26ClN5O4. The number of amides is 1. The number of rotatable bonds is 7. The topological polar surface area (TPSA) is 99.5 Å². The number of aromatic nitrogens is 3. The summed E-state index contributed by atoms with van der Waals surface area (Å²) < 4.78 is 17.9. The number of methoxy groups -OCH3 is 3. The van der Waals surface area contributed by atoms with Crippen molar-refractivity contribution >= 4 is 18.3 Å². The summed E-state index contributed by atoms with van der Waals surface area (Å²) in [7, 11) is 4.65. The van der Waals surface area contributed by atoms with Crippen LogP contribution in [0.3, 0.4) is 0 Å². The molecule has 0 bridgehead atoms. The Hall–Kier alpha value is -2.52. The largest absolute Gasteiger partial charge is 0.493 e. The summed E-state index contributed by atoms with van der Waals surface area (Å²) in [6.45, 7) is 2.17. The minimum absolute atomic E-state index is 0. The van der Waals surface area contributed by atoms with E-state index in [-0.39, 0.29) is 30.9 Å². The lowest BCUT2D eigenvalue weighted by Gasteiger charge is -2.22. The van der Waals surface area contributed by atoms with Gasteiger partial charge < -0.3 is 24.8 Å². The smallest absolute Gasteiger partial charge is 0.273 e. The van der Waals surface area contributed by atoms with Gasteiger partial charge in [-0.15, -0.1) is 17.5 Å². The van der Waals surface area contributed by atoms with Crippen LogP contribution in [0.5, 0.6) is 17.2 Å². The summed E-state index contributed by atoms with van der Waals surface area (Å²) >= 11 is 0.